The van der Waals surface area contributed by atoms with E-state index in [4.69, 9.17) is 16.3 Å². The first-order chi connectivity index (χ1) is 13.0. The van der Waals surface area contributed by atoms with Gasteiger partial charge in [-0.1, -0.05) is 29.8 Å². The minimum atomic E-state index is -0.218. The summed E-state index contributed by atoms with van der Waals surface area (Å²) < 4.78 is 5.58. The molecule has 2 N–H and O–H groups in total. The third-order valence-corrected chi connectivity index (χ3v) is 4.61. The molecule has 4 nitrogen and oxygen atoms in total. The monoisotopic (exact) mass is 380 g/mol. The minimum absolute atomic E-state index is 0.0650. The van der Waals surface area contributed by atoms with Crippen molar-refractivity contribution in [2.75, 3.05) is 17.2 Å². The van der Waals surface area contributed by atoms with Gasteiger partial charge in [0.2, 0.25) is 0 Å². The topological polar surface area (TPSA) is 50.4 Å². The van der Waals surface area contributed by atoms with Crippen LogP contribution < -0.4 is 15.4 Å². The van der Waals surface area contributed by atoms with Crippen LogP contribution in [0.5, 0.6) is 5.75 Å². The van der Waals surface area contributed by atoms with Crippen LogP contribution in [0, 0.1) is 13.8 Å². The van der Waals surface area contributed by atoms with Crippen molar-refractivity contribution in [3.05, 3.63) is 82.9 Å². The second kappa shape index (κ2) is 8.60. The molecule has 0 saturated heterocycles. The van der Waals surface area contributed by atoms with Gasteiger partial charge in [-0.15, -0.1) is 0 Å². The molecule has 0 saturated carbocycles. The Labute approximate surface area is 164 Å². The van der Waals surface area contributed by atoms with Crippen LogP contribution >= 0.6 is 11.6 Å². The van der Waals surface area contributed by atoms with E-state index < -0.39 is 0 Å². The number of halogens is 1. The summed E-state index contributed by atoms with van der Waals surface area (Å²) in [6, 6.07) is 21.1. The molecule has 27 heavy (non-hydrogen) atoms. The number of benzene rings is 3. The summed E-state index contributed by atoms with van der Waals surface area (Å²) in [6.45, 7) is 3.76. The number of hydrogen-bond donors (Lipinski definition) is 2. The van der Waals surface area contributed by atoms with Crippen LogP contribution in [0.4, 0.5) is 17.1 Å². The lowest BCUT2D eigenvalue weighted by Gasteiger charge is -2.11. The van der Waals surface area contributed by atoms with Crippen molar-refractivity contribution in [3.8, 4) is 5.75 Å². The molecule has 0 bridgehead atoms. The SMILES string of the molecule is Cc1cc(OCC(=O)Nc2ccc(Nc3ccccc3)cc2)cc(C)c1Cl. The number of hydrogen-bond acceptors (Lipinski definition) is 3. The Balaban J connectivity index is 1.53. The third kappa shape index (κ3) is 5.25. The Hall–Kier alpha value is -2.98. The van der Waals surface area contributed by atoms with Crippen LogP contribution in [-0.4, -0.2) is 12.5 Å². The van der Waals surface area contributed by atoms with Crippen LogP contribution in [0.2, 0.25) is 5.02 Å². The fourth-order valence-electron chi connectivity index (χ4n) is 2.66. The Bertz CT molecular complexity index is 902. The number of anilines is 3. The van der Waals surface area contributed by atoms with Gasteiger partial charge in [-0.25, -0.2) is 0 Å². The molecule has 3 aromatic rings. The zero-order chi connectivity index (χ0) is 19.2. The van der Waals surface area contributed by atoms with Crippen molar-refractivity contribution in [2.45, 2.75) is 13.8 Å². The second-order valence-electron chi connectivity index (χ2n) is 6.28. The van der Waals surface area contributed by atoms with Crippen LogP contribution in [0.25, 0.3) is 0 Å². The van der Waals surface area contributed by atoms with Gasteiger partial charge in [-0.05, 0) is 73.5 Å². The number of aryl methyl sites for hydroxylation is 2. The molecule has 1 amide bonds. The molecule has 0 radical (unpaired) electrons. The first-order valence-corrected chi connectivity index (χ1v) is 9.00. The van der Waals surface area contributed by atoms with Crippen LogP contribution in [0.1, 0.15) is 11.1 Å². The summed E-state index contributed by atoms with van der Waals surface area (Å²) in [5.41, 5.74) is 4.52. The fourth-order valence-corrected chi connectivity index (χ4v) is 2.77. The number of amides is 1. The minimum Gasteiger partial charge on any atom is -0.484 e. The lowest BCUT2D eigenvalue weighted by molar-refractivity contribution is -0.118. The molecule has 0 atom stereocenters. The highest BCUT2D eigenvalue weighted by Gasteiger charge is 2.07. The van der Waals surface area contributed by atoms with E-state index in [0.717, 1.165) is 27.5 Å². The predicted octanol–water partition coefficient (Wildman–Crippen LogP) is 5.72. The van der Waals surface area contributed by atoms with Gasteiger partial charge in [0.25, 0.3) is 5.91 Å². The largest absolute Gasteiger partial charge is 0.484 e. The van der Waals surface area contributed by atoms with Gasteiger partial charge in [0, 0.05) is 22.1 Å². The molecule has 0 spiro atoms. The molecule has 0 aromatic heterocycles. The summed E-state index contributed by atoms with van der Waals surface area (Å²) in [7, 11) is 0. The van der Waals surface area contributed by atoms with E-state index in [1.54, 1.807) is 0 Å². The number of ether oxygens (including phenoxy) is 1. The number of carbonyl (C=O) groups excluding carboxylic acids is 1. The maximum atomic E-state index is 12.1. The molecule has 0 fully saturated rings. The van der Waals surface area contributed by atoms with Gasteiger partial charge in [0.15, 0.2) is 6.61 Å². The maximum absolute atomic E-state index is 12.1. The maximum Gasteiger partial charge on any atom is 0.262 e. The number of para-hydroxylation sites is 1. The molecule has 138 valence electrons. The number of rotatable bonds is 6. The standard InChI is InChI=1S/C22H21ClN2O2/c1-15-12-20(13-16(2)22(15)23)27-14-21(26)25-19-10-8-18(9-11-19)24-17-6-4-3-5-7-17/h3-13,24H,14H2,1-2H3,(H,25,26). The average Bonchev–Trinajstić information content (AvgIpc) is 2.67. The van der Waals surface area contributed by atoms with Crippen molar-refractivity contribution in [1.29, 1.82) is 0 Å². The van der Waals surface area contributed by atoms with Gasteiger partial charge in [0.1, 0.15) is 5.75 Å². The molecule has 3 rings (SSSR count). The van der Waals surface area contributed by atoms with Crippen molar-refractivity contribution >= 4 is 34.6 Å². The molecule has 0 aliphatic carbocycles. The van der Waals surface area contributed by atoms with Gasteiger partial charge in [0.05, 0.1) is 0 Å². The molecule has 3 aromatic carbocycles. The van der Waals surface area contributed by atoms with Crippen molar-refractivity contribution in [2.24, 2.45) is 0 Å². The lowest BCUT2D eigenvalue weighted by atomic mass is 10.1. The molecular formula is C22H21ClN2O2. The van der Waals surface area contributed by atoms with E-state index in [0.29, 0.717) is 11.4 Å². The smallest absolute Gasteiger partial charge is 0.262 e. The molecule has 0 aliphatic rings. The van der Waals surface area contributed by atoms with Gasteiger partial charge < -0.3 is 15.4 Å². The van der Waals surface area contributed by atoms with E-state index in [1.807, 2.05) is 80.6 Å². The third-order valence-electron chi connectivity index (χ3n) is 4.01. The Kier molecular flexibility index (Phi) is 5.99. The summed E-state index contributed by atoms with van der Waals surface area (Å²) in [4.78, 5) is 12.1. The van der Waals surface area contributed by atoms with Crippen molar-refractivity contribution < 1.29 is 9.53 Å². The van der Waals surface area contributed by atoms with Gasteiger partial charge in [-0.2, -0.15) is 0 Å². The molecular weight excluding hydrogens is 360 g/mol. The van der Waals surface area contributed by atoms with Gasteiger partial charge in [-0.3, -0.25) is 4.79 Å². The zero-order valence-electron chi connectivity index (χ0n) is 15.3. The van der Waals surface area contributed by atoms with E-state index >= 15 is 0 Å². The summed E-state index contributed by atoms with van der Waals surface area (Å²) in [5, 5.41) is 6.84. The normalized spacial score (nSPS) is 10.3. The van der Waals surface area contributed by atoms with E-state index in [2.05, 4.69) is 10.6 Å². The summed E-state index contributed by atoms with van der Waals surface area (Å²) >= 11 is 6.14. The fraction of sp³-hybridized carbons (Fsp3) is 0.136. The lowest BCUT2D eigenvalue weighted by Crippen LogP contribution is -2.20. The Morgan fingerprint density at radius 1 is 0.889 bits per heavy atom. The van der Waals surface area contributed by atoms with E-state index in [-0.39, 0.29) is 12.5 Å². The van der Waals surface area contributed by atoms with Crippen LogP contribution in [0.3, 0.4) is 0 Å². The van der Waals surface area contributed by atoms with Crippen LogP contribution in [0.15, 0.2) is 66.7 Å². The Morgan fingerprint density at radius 2 is 1.44 bits per heavy atom. The molecule has 0 aliphatic heterocycles. The van der Waals surface area contributed by atoms with Crippen LogP contribution in [-0.2, 0) is 4.79 Å². The van der Waals surface area contributed by atoms with E-state index in [9.17, 15) is 4.79 Å². The molecule has 0 heterocycles. The summed E-state index contributed by atoms with van der Waals surface area (Å²) in [5.74, 6) is 0.413. The average molecular weight is 381 g/mol. The highest BCUT2D eigenvalue weighted by Crippen LogP contribution is 2.26. The van der Waals surface area contributed by atoms with Crippen molar-refractivity contribution in [1.82, 2.24) is 0 Å². The predicted molar refractivity (Wildman–Crippen MR) is 111 cm³/mol. The molecule has 5 heteroatoms. The first kappa shape index (κ1) is 18.8. The zero-order valence-corrected chi connectivity index (χ0v) is 16.0. The van der Waals surface area contributed by atoms with Gasteiger partial charge >= 0.3 is 0 Å². The summed E-state index contributed by atoms with van der Waals surface area (Å²) in [6.07, 6.45) is 0. The Morgan fingerprint density at radius 3 is 2.07 bits per heavy atom. The van der Waals surface area contributed by atoms with Crippen molar-refractivity contribution in [3.63, 3.8) is 0 Å². The van der Waals surface area contributed by atoms with E-state index in [1.165, 1.54) is 0 Å². The number of carbonyl (C=O) groups is 1. The second-order valence-corrected chi connectivity index (χ2v) is 6.65. The highest BCUT2D eigenvalue weighted by atomic mass is 35.5. The quantitative estimate of drug-likeness (QED) is 0.575. The first-order valence-electron chi connectivity index (χ1n) is 8.63. The number of nitrogens with one attached hydrogen (secondary N) is 2. The highest BCUT2D eigenvalue weighted by molar-refractivity contribution is 6.32. The molecule has 0 unspecified atom stereocenters.